The molecule has 8 rings (SSSR count). The van der Waals surface area contributed by atoms with Gasteiger partial charge in [0.2, 0.25) is 0 Å². The van der Waals surface area contributed by atoms with Crippen molar-refractivity contribution in [2.75, 3.05) is 23.8 Å². The molecule has 1 amide bonds. The molecule has 6 heteroatoms. The maximum absolute atomic E-state index is 12.5. The number of aliphatic hydroxyl groups excluding tert-OH is 1. The Morgan fingerprint density at radius 2 is 1.77 bits per heavy atom. The first-order chi connectivity index (χ1) is 19.6. The number of rotatable bonds is 9. The molecule has 0 aliphatic heterocycles. The molecule has 2 aromatic carbocycles. The van der Waals surface area contributed by atoms with Gasteiger partial charge in [-0.2, -0.15) is 0 Å². The summed E-state index contributed by atoms with van der Waals surface area (Å²) in [7, 11) is 0. The van der Waals surface area contributed by atoms with Gasteiger partial charge in [0, 0.05) is 47.3 Å². The Morgan fingerprint density at radius 3 is 2.52 bits per heavy atom. The first-order valence-corrected chi connectivity index (χ1v) is 14.9. The van der Waals surface area contributed by atoms with Crippen molar-refractivity contribution in [3.63, 3.8) is 0 Å². The van der Waals surface area contributed by atoms with Crippen LogP contribution in [0.25, 0.3) is 22.2 Å². The molecular formula is C34H38N4O2. The minimum atomic E-state index is -0.214. The molecule has 2 heterocycles. The Kier molecular flexibility index (Phi) is 6.59. The number of benzene rings is 2. The van der Waals surface area contributed by atoms with E-state index in [1.165, 1.54) is 44.2 Å². The number of pyridine rings is 1. The molecule has 4 saturated carbocycles. The fraction of sp³-hybridized carbons (Fsp3) is 0.412. The van der Waals surface area contributed by atoms with Gasteiger partial charge in [-0.05, 0) is 128 Å². The molecule has 4 N–H and O–H groups in total. The topological polar surface area (TPSA) is 90.0 Å². The number of carbonyl (C=O) groups is 1. The van der Waals surface area contributed by atoms with Crippen LogP contribution in [0.5, 0.6) is 0 Å². The molecule has 4 fully saturated rings. The third-order valence-corrected chi connectivity index (χ3v) is 9.93. The molecule has 4 bridgehead atoms. The summed E-state index contributed by atoms with van der Waals surface area (Å²) in [4.78, 5) is 20.1. The van der Waals surface area contributed by atoms with Gasteiger partial charge in [0.25, 0.3) is 5.91 Å². The van der Waals surface area contributed by atoms with Crippen LogP contribution in [-0.4, -0.2) is 34.1 Å². The number of amides is 1. The summed E-state index contributed by atoms with van der Waals surface area (Å²) in [6.45, 7) is 1.41. The van der Waals surface area contributed by atoms with Crippen molar-refractivity contribution >= 4 is 28.2 Å². The lowest BCUT2D eigenvalue weighted by atomic mass is 9.45. The van der Waals surface area contributed by atoms with E-state index in [1.807, 2.05) is 24.3 Å². The Hall–Kier alpha value is -3.64. The number of fused-ring (bicyclic) bond motifs is 1. The minimum absolute atomic E-state index is 0.214. The van der Waals surface area contributed by atoms with Gasteiger partial charge in [-0.25, -0.2) is 0 Å². The number of hydrogen-bond acceptors (Lipinski definition) is 4. The quantitative estimate of drug-likeness (QED) is 0.184. The van der Waals surface area contributed by atoms with E-state index >= 15 is 0 Å². The highest BCUT2D eigenvalue weighted by molar-refractivity contribution is 6.04. The van der Waals surface area contributed by atoms with Crippen LogP contribution in [0.2, 0.25) is 0 Å². The number of nitrogens with one attached hydrogen (secondary N) is 3. The molecule has 0 spiro atoms. The van der Waals surface area contributed by atoms with Gasteiger partial charge in [0.15, 0.2) is 0 Å². The summed E-state index contributed by atoms with van der Waals surface area (Å²) in [5, 5.41) is 17.2. The second-order valence-corrected chi connectivity index (χ2v) is 12.6. The molecule has 4 aliphatic carbocycles. The second-order valence-electron chi connectivity index (χ2n) is 12.6. The van der Waals surface area contributed by atoms with Crippen molar-refractivity contribution in [2.45, 2.75) is 44.9 Å². The van der Waals surface area contributed by atoms with E-state index in [4.69, 9.17) is 0 Å². The Labute approximate surface area is 235 Å². The fourth-order valence-corrected chi connectivity index (χ4v) is 8.43. The number of anilines is 2. The molecule has 4 aromatic rings. The zero-order valence-electron chi connectivity index (χ0n) is 22.9. The van der Waals surface area contributed by atoms with Gasteiger partial charge in [-0.3, -0.25) is 9.78 Å². The van der Waals surface area contributed by atoms with E-state index < -0.39 is 0 Å². The lowest BCUT2D eigenvalue weighted by Gasteiger charge is -2.60. The number of aromatic amines is 1. The standard InChI is InChI=1S/C34H38N4O2/c39-13-3-4-29-25-14-22-15-26(29)20-34(18-22,19-25)21-36-27-8-6-23(7-9-27)32-17-24-16-28(10-11-30(24)38-32)37-33(40)31-5-1-2-12-35-31/h1-2,5-12,16-17,22,25-26,29,36,38-39H,3-4,13-15,18-21H2,(H,37,40)/t22?,25-,26+,29?,34?. The molecule has 6 nitrogen and oxygen atoms in total. The van der Waals surface area contributed by atoms with Crippen molar-refractivity contribution in [3.8, 4) is 11.3 Å². The van der Waals surface area contributed by atoms with Crippen LogP contribution in [0, 0.1) is 29.1 Å². The van der Waals surface area contributed by atoms with Crippen molar-refractivity contribution in [1.29, 1.82) is 0 Å². The van der Waals surface area contributed by atoms with Gasteiger partial charge in [0.1, 0.15) is 5.69 Å². The van der Waals surface area contributed by atoms with E-state index in [2.05, 4.69) is 50.9 Å². The predicted octanol–water partition coefficient (Wildman–Crippen LogP) is 7.11. The van der Waals surface area contributed by atoms with E-state index in [0.717, 1.165) is 64.5 Å². The normalized spacial score (nSPS) is 26.7. The molecule has 3 unspecified atom stereocenters. The van der Waals surface area contributed by atoms with Crippen LogP contribution in [0.4, 0.5) is 11.4 Å². The number of hydrogen-bond donors (Lipinski definition) is 4. The zero-order chi connectivity index (χ0) is 27.1. The Bertz CT molecular complexity index is 1480. The summed E-state index contributed by atoms with van der Waals surface area (Å²) in [5.41, 5.74) is 6.02. The molecule has 2 aromatic heterocycles. The van der Waals surface area contributed by atoms with Crippen LogP contribution in [0.15, 0.2) is 72.9 Å². The van der Waals surface area contributed by atoms with Crippen LogP contribution >= 0.6 is 0 Å². The summed E-state index contributed by atoms with van der Waals surface area (Å²) in [5.74, 6) is 3.29. The highest BCUT2D eigenvalue weighted by atomic mass is 16.3. The van der Waals surface area contributed by atoms with Crippen LogP contribution in [0.1, 0.15) is 55.4 Å². The minimum Gasteiger partial charge on any atom is -0.396 e. The van der Waals surface area contributed by atoms with E-state index in [1.54, 1.807) is 18.3 Å². The van der Waals surface area contributed by atoms with Crippen LogP contribution in [-0.2, 0) is 0 Å². The van der Waals surface area contributed by atoms with E-state index in [-0.39, 0.29) is 5.91 Å². The van der Waals surface area contributed by atoms with Crippen molar-refractivity contribution in [3.05, 3.63) is 78.6 Å². The molecule has 206 valence electrons. The van der Waals surface area contributed by atoms with E-state index in [0.29, 0.717) is 17.7 Å². The molecule has 0 saturated heterocycles. The van der Waals surface area contributed by atoms with Gasteiger partial charge in [-0.15, -0.1) is 0 Å². The van der Waals surface area contributed by atoms with E-state index in [9.17, 15) is 9.90 Å². The molecule has 4 aliphatic rings. The third kappa shape index (κ3) is 4.90. The van der Waals surface area contributed by atoms with Gasteiger partial charge in [0.05, 0.1) is 0 Å². The number of carbonyl (C=O) groups excluding carboxylic acids is 1. The average molecular weight is 535 g/mol. The molecule has 40 heavy (non-hydrogen) atoms. The van der Waals surface area contributed by atoms with Crippen molar-refractivity contribution in [1.82, 2.24) is 9.97 Å². The monoisotopic (exact) mass is 534 g/mol. The number of aromatic nitrogens is 2. The summed E-state index contributed by atoms with van der Waals surface area (Å²) < 4.78 is 0. The first-order valence-electron chi connectivity index (χ1n) is 14.9. The fourth-order valence-electron chi connectivity index (χ4n) is 8.43. The summed E-state index contributed by atoms with van der Waals surface area (Å²) in [6, 6.07) is 22.1. The first kappa shape index (κ1) is 25.3. The largest absolute Gasteiger partial charge is 0.396 e. The highest BCUT2D eigenvalue weighted by Gasteiger charge is 2.54. The summed E-state index contributed by atoms with van der Waals surface area (Å²) >= 11 is 0. The molecule has 5 atom stereocenters. The number of aliphatic hydroxyl groups is 1. The van der Waals surface area contributed by atoms with Gasteiger partial charge < -0.3 is 20.7 Å². The van der Waals surface area contributed by atoms with Gasteiger partial charge >= 0.3 is 0 Å². The molecular weight excluding hydrogens is 496 g/mol. The smallest absolute Gasteiger partial charge is 0.274 e. The summed E-state index contributed by atoms with van der Waals surface area (Å²) in [6.07, 6.45) is 10.8. The van der Waals surface area contributed by atoms with Crippen molar-refractivity contribution in [2.24, 2.45) is 29.1 Å². The lowest BCUT2D eigenvalue weighted by Crippen LogP contribution is -2.53. The number of H-pyrrole nitrogens is 1. The van der Waals surface area contributed by atoms with Gasteiger partial charge in [-0.1, -0.05) is 18.2 Å². The Morgan fingerprint density at radius 1 is 0.975 bits per heavy atom. The average Bonchev–Trinajstić information content (AvgIpc) is 3.40. The second kappa shape index (κ2) is 10.4. The maximum atomic E-state index is 12.5. The third-order valence-electron chi connectivity index (χ3n) is 9.93. The van der Waals surface area contributed by atoms with Crippen LogP contribution in [0.3, 0.4) is 0 Å². The maximum Gasteiger partial charge on any atom is 0.274 e. The zero-order valence-corrected chi connectivity index (χ0v) is 22.9. The van der Waals surface area contributed by atoms with Crippen molar-refractivity contribution < 1.29 is 9.90 Å². The Balaban J connectivity index is 1.00. The number of nitrogens with zero attached hydrogens (tertiary/aromatic N) is 1. The molecule has 0 radical (unpaired) electrons. The lowest BCUT2D eigenvalue weighted by molar-refractivity contribution is -0.0919. The van der Waals surface area contributed by atoms with Crippen LogP contribution < -0.4 is 10.6 Å². The SMILES string of the molecule is O=C(Nc1ccc2[nH]c(-c3ccc(NCC45CC6C[C@H](C4)C(CCCO)[C@@H](C6)C5)cc3)cc2c1)c1ccccn1. The predicted molar refractivity (Wildman–Crippen MR) is 160 cm³/mol. The highest BCUT2D eigenvalue weighted by Crippen LogP contribution is 2.63.